The fourth-order valence-electron chi connectivity index (χ4n) is 4.45. The van der Waals surface area contributed by atoms with Crippen LogP contribution in [0.2, 0.25) is 0 Å². The SMILES string of the molecule is CO[C@@H]1O[C@H](CO)[C@@H](OC2O[C@H](CO)[C@H](O)[C@H](NC(=O)c3ccccc3C(=O)O)[C@H]2O)[C@H](O)[C@H]1NC(C)=O. The van der Waals surface area contributed by atoms with Crippen LogP contribution in [-0.4, -0.2) is 130 Å². The average Bonchev–Trinajstić information content (AvgIpc) is 2.89. The van der Waals surface area contributed by atoms with Crippen molar-refractivity contribution >= 4 is 17.8 Å². The van der Waals surface area contributed by atoms with Gasteiger partial charge in [0, 0.05) is 14.0 Å². The normalized spacial score (nSPS) is 35.3. The van der Waals surface area contributed by atoms with Crippen molar-refractivity contribution in [1.29, 1.82) is 0 Å². The topological polar surface area (TPSA) is 234 Å². The lowest BCUT2D eigenvalue weighted by atomic mass is 9.94. The minimum Gasteiger partial charge on any atom is -0.478 e. The summed E-state index contributed by atoms with van der Waals surface area (Å²) in [4.78, 5) is 36.0. The molecule has 2 aliphatic rings. The summed E-state index contributed by atoms with van der Waals surface area (Å²) in [7, 11) is 1.26. The number of aromatic carboxylic acids is 1. The highest BCUT2D eigenvalue weighted by Crippen LogP contribution is 2.29. The zero-order valence-electron chi connectivity index (χ0n) is 20.5. The Kier molecular flexibility index (Phi) is 10.1. The Morgan fingerprint density at radius 1 is 0.868 bits per heavy atom. The number of amides is 2. The third-order valence-electron chi connectivity index (χ3n) is 6.33. The predicted molar refractivity (Wildman–Crippen MR) is 124 cm³/mol. The lowest BCUT2D eigenvalue weighted by Gasteiger charge is -2.47. The fourth-order valence-corrected chi connectivity index (χ4v) is 4.45. The van der Waals surface area contributed by atoms with Gasteiger partial charge in [-0.25, -0.2) is 4.79 Å². The monoisotopic (exact) mass is 544 g/mol. The maximum absolute atomic E-state index is 12.9. The molecule has 212 valence electrons. The molecule has 0 bridgehead atoms. The van der Waals surface area contributed by atoms with Crippen molar-refractivity contribution in [2.75, 3.05) is 20.3 Å². The van der Waals surface area contributed by atoms with Crippen LogP contribution < -0.4 is 10.6 Å². The Balaban J connectivity index is 1.85. The molecule has 38 heavy (non-hydrogen) atoms. The van der Waals surface area contributed by atoms with Gasteiger partial charge in [0.05, 0.1) is 30.4 Å². The number of ether oxygens (including phenoxy) is 4. The van der Waals surface area contributed by atoms with Gasteiger partial charge in [0.2, 0.25) is 5.91 Å². The molecule has 3 rings (SSSR count). The summed E-state index contributed by atoms with van der Waals surface area (Å²) in [6.45, 7) is -0.237. The maximum Gasteiger partial charge on any atom is 0.336 e. The molecular formula is C23H32N2O13. The third kappa shape index (κ3) is 6.28. The van der Waals surface area contributed by atoms with E-state index in [4.69, 9.17) is 18.9 Å². The Bertz CT molecular complexity index is 994. The second-order valence-corrected chi connectivity index (χ2v) is 8.84. The summed E-state index contributed by atoms with van der Waals surface area (Å²) < 4.78 is 21.9. The van der Waals surface area contributed by atoms with E-state index in [1.165, 1.54) is 38.3 Å². The van der Waals surface area contributed by atoms with Crippen LogP contribution in [0, 0.1) is 0 Å². The number of benzene rings is 1. The number of aliphatic hydroxyl groups excluding tert-OH is 5. The first kappa shape index (κ1) is 29.8. The Hall–Kier alpha value is -2.73. The molecule has 2 heterocycles. The number of carboxylic acids is 1. The molecule has 2 saturated heterocycles. The number of nitrogens with one attached hydrogen (secondary N) is 2. The number of carbonyl (C=O) groups is 3. The zero-order valence-corrected chi connectivity index (χ0v) is 20.5. The summed E-state index contributed by atoms with van der Waals surface area (Å²) in [6, 6.07) is 2.63. The van der Waals surface area contributed by atoms with Gasteiger partial charge in [-0.05, 0) is 12.1 Å². The molecule has 1 aromatic carbocycles. The van der Waals surface area contributed by atoms with Gasteiger partial charge < -0.3 is 60.2 Å². The molecule has 8 N–H and O–H groups in total. The van der Waals surface area contributed by atoms with Crippen molar-refractivity contribution in [2.45, 2.75) is 68.2 Å². The van der Waals surface area contributed by atoms with E-state index < -0.39 is 92.3 Å². The number of carbonyl (C=O) groups excluding carboxylic acids is 2. The highest BCUT2D eigenvalue weighted by atomic mass is 16.7. The second-order valence-electron chi connectivity index (χ2n) is 8.84. The average molecular weight is 545 g/mol. The molecule has 15 nitrogen and oxygen atoms in total. The third-order valence-corrected chi connectivity index (χ3v) is 6.33. The van der Waals surface area contributed by atoms with Crippen molar-refractivity contribution in [3.63, 3.8) is 0 Å². The summed E-state index contributed by atoms with van der Waals surface area (Å²) in [5, 5.41) is 66.3. The number of methoxy groups -OCH3 is 1. The van der Waals surface area contributed by atoms with Gasteiger partial charge >= 0.3 is 5.97 Å². The largest absolute Gasteiger partial charge is 0.478 e. The van der Waals surface area contributed by atoms with Gasteiger partial charge in [0.15, 0.2) is 12.6 Å². The molecule has 0 spiro atoms. The standard InChI is InChI=1S/C23H32N2O13/c1-9(28)24-15-17(30)19(13(8-27)37-22(15)35-2)38-23-18(31)14(16(29)12(7-26)36-23)25-20(32)10-5-3-4-6-11(10)21(33)34/h3-6,12-19,22-23,26-27,29-31H,7-8H2,1-2H3,(H,24,28)(H,25,32)(H,33,34)/t12-,13-,14+,15-,16+,17-,18-,19-,22-,23?/m1/s1. The van der Waals surface area contributed by atoms with Crippen LogP contribution in [0.15, 0.2) is 24.3 Å². The molecule has 1 unspecified atom stereocenters. The van der Waals surface area contributed by atoms with E-state index in [9.17, 15) is 45.0 Å². The van der Waals surface area contributed by atoms with Crippen LogP contribution in [0.25, 0.3) is 0 Å². The van der Waals surface area contributed by atoms with Crippen LogP contribution in [-0.2, 0) is 23.7 Å². The van der Waals surface area contributed by atoms with Crippen molar-refractivity contribution in [3.05, 3.63) is 35.4 Å². The number of rotatable bonds is 9. The quantitative estimate of drug-likeness (QED) is 0.151. The van der Waals surface area contributed by atoms with E-state index in [2.05, 4.69) is 10.6 Å². The number of aliphatic hydroxyl groups is 5. The molecule has 10 atom stereocenters. The first-order valence-corrected chi connectivity index (χ1v) is 11.7. The van der Waals surface area contributed by atoms with Gasteiger partial charge in [-0.2, -0.15) is 0 Å². The fraction of sp³-hybridized carbons (Fsp3) is 0.609. The van der Waals surface area contributed by atoms with Gasteiger partial charge in [0.25, 0.3) is 5.91 Å². The molecule has 0 saturated carbocycles. The van der Waals surface area contributed by atoms with Gasteiger partial charge in [0.1, 0.15) is 42.7 Å². The van der Waals surface area contributed by atoms with E-state index in [1.54, 1.807) is 0 Å². The van der Waals surface area contributed by atoms with Crippen LogP contribution in [0.5, 0.6) is 0 Å². The number of carboxylic acid groups (broad SMARTS) is 1. The van der Waals surface area contributed by atoms with Crippen LogP contribution in [0.4, 0.5) is 0 Å². The molecule has 0 aromatic heterocycles. The summed E-state index contributed by atoms with van der Waals surface area (Å²) in [6.07, 6.45) is -11.9. The van der Waals surface area contributed by atoms with Crippen LogP contribution in [0.1, 0.15) is 27.6 Å². The van der Waals surface area contributed by atoms with E-state index in [-0.39, 0.29) is 11.1 Å². The van der Waals surface area contributed by atoms with Crippen LogP contribution >= 0.6 is 0 Å². The van der Waals surface area contributed by atoms with E-state index in [1.807, 2.05) is 0 Å². The molecule has 2 fully saturated rings. The highest BCUT2D eigenvalue weighted by Gasteiger charge is 2.51. The highest BCUT2D eigenvalue weighted by molar-refractivity contribution is 6.04. The Morgan fingerprint density at radius 3 is 2.03 bits per heavy atom. The zero-order chi connectivity index (χ0) is 28.1. The molecule has 2 aliphatic heterocycles. The summed E-state index contributed by atoms with van der Waals surface area (Å²) in [5.41, 5.74) is -0.568. The molecule has 15 heteroatoms. The summed E-state index contributed by atoms with van der Waals surface area (Å²) in [5.74, 6) is -2.84. The lowest BCUT2D eigenvalue weighted by molar-refractivity contribution is -0.336. The molecule has 1 aromatic rings. The molecular weight excluding hydrogens is 512 g/mol. The number of hydrogen-bond acceptors (Lipinski definition) is 12. The molecule has 2 amide bonds. The van der Waals surface area contributed by atoms with Crippen LogP contribution in [0.3, 0.4) is 0 Å². The maximum atomic E-state index is 12.9. The van der Waals surface area contributed by atoms with E-state index >= 15 is 0 Å². The van der Waals surface area contributed by atoms with Gasteiger partial charge in [-0.3, -0.25) is 9.59 Å². The molecule has 0 radical (unpaired) electrons. The van der Waals surface area contributed by atoms with Crippen molar-refractivity contribution in [3.8, 4) is 0 Å². The van der Waals surface area contributed by atoms with E-state index in [0.29, 0.717) is 0 Å². The van der Waals surface area contributed by atoms with E-state index in [0.717, 1.165) is 0 Å². The van der Waals surface area contributed by atoms with Crippen molar-refractivity contribution < 1.29 is 64.0 Å². The second kappa shape index (κ2) is 12.9. The molecule has 0 aliphatic carbocycles. The number of hydrogen-bond donors (Lipinski definition) is 8. The van der Waals surface area contributed by atoms with Crippen molar-refractivity contribution in [1.82, 2.24) is 10.6 Å². The minimum absolute atomic E-state index is 0.246. The first-order valence-electron chi connectivity index (χ1n) is 11.7. The first-order chi connectivity index (χ1) is 18.0. The lowest BCUT2D eigenvalue weighted by Crippen LogP contribution is -2.69. The predicted octanol–water partition coefficient (Wildman–Crippen LogP) is -3.46. The van der Waals surface area contributed by atoms with Crippen molar-refractivity contribution in [2.24, 2.45) is 0 Å². The van der Waals surface area contributed by atoms with Gasteiger partial charge in [-0.15, -0.1) is 0 Å². The summed E-state index contributed by atoms with van der Waals surface area (Å²) >= 11 is 0. The Labute approximate surface area is 216 Å². The van der Waals surface area contributed by atoms with Gasteiger partial charge in [-0.1, -0.05) is 12.1 Å². The minimum atomic E-state index is -1.81. The smallest absolute Gasteiger partial charge is 0.336 e. The Morgan fingerprint density at radius 2 is 1.47 bits per heavy atom.